The van der Waals surface area contributed by atoms with Crippen LogP contribution in [0.5, 0.6) is 0 Å². The lowest BCUT2D eigenvalue weighted by Gasteiger charge is -2.11. The smallest absolute Gasteiger partial charge is 0.184 e. The van der Waals surface area contributed by atoms with Crippen LogP contribution in [0.25, 0.3) is 0 Å². The summed E-state index contributed by atoms with van der Waals surface area (Å²) in [4.78, 5) is 0. The quantitative estimate of drug-likeness (QED) is 0.720. The van der Waals surface area contributed by atoms with Crippen LogP contribution in [0.3, 0.4) is 0 Å². The van der Waals surface area contributed by atoms with E-state index in [0.717, 1.165) is 18.7 Å². The summed E-state index contributed by atoms with van der Waals surface area (Å²) < 4.78 is 11.6. The number of benzene rings is 1. The Morgan fingerprint density at radius 2 is 1.64 bits per heavy atom. The first-order valence-electron chi connectivity index (χ1n) is 5.00. The van der Waals surface area contributed by atoms with Crippen molar-refractivity contribution < 1.29 is 9.47 Å². The normalized spacial score (nSPS) is 35.9. The van der Waals surface area contributed by atoms with Gasteiger partial charge in [-0.3, -0.25) is 0 Å². The molecule has 3 rings (SSSR count). The molecule has 0 aromatic heterocycles. The third-order valence-electron chi connectivity index (χ3n) is 2.77. The van der Waals surface area contributed by atoms with E-state index in [0.29, 0.717) is 0 Å². The average molecular weight is 191 g/mol. The molecule has 2 heterocycles. The van der Waals surface area contributed by atoms with E-state index < -0.39 is 0 Å². The first-order chi connectivity index (χ1) is 6.93. The van der Waals surface area contributed by atoms with Crippen molar-refractivity contribution in [3.05, 3.63) is 35.9 Å². The molecule has 1 aromatic rings. The zero-order valence-electron chi connectivity index (χ0n) is 7.85. The molecule has 3 heteroatoms. The van der Waals surface area contributed by atoms with Gasteiger partial charge in [-0.05, 0) is 0 Å². The molecule has 2 unspecified atom stereocenters. The van der Waals surface area contributed by atoms with Crippen molar-refractivity contribution in [1.29, 1.82) is 0 Å². The molecule has 74 valence electrons. The number of hydrogen-bond donors (Lipinski definition) is 1. The maximum absolute atomic E-state index is 5.79. The Bertz CT molecular complexity index is 302. The van der Waals surface area contributed by atoms with Crippen molar-refractivity contribution in [2.75, 3.05) is 13.1 Å². The van der Waals surface area contributed by atoms with E-state index in [9.17, 15) is 0 Å². The number of hydrogen-bond acceptors (Lipinski definition) is 3. The van der Waals surface area contributed by atoms with Crippen LogP contribution in [0, 0.1) is 0 Å². The molecule has 14 heavy (non-hydrogen) atoms. The molecule has 0 saturated carbocycles. The van der Waals surface area contributed by atoms with Crippen LogP contribution in [-0.2, 0) is 9.47 Å². The summed E-state index contributed by atoms with van der Waals surface area (Å²) in [6, 6.07) is 10.1. The zero-order chi connectivity index (χ0) is 9.38. The largest absolute Gasteiger partial charge is 0.341 e. The second kappa shape index (κ2) is 3.35. The van der Waals surface area contributed by atoms with Gasteiger partial charge in [0.05, 0.1) is 0 Å². The highest BCUT2D eigenvalue weighted by Crippen LogP contribution is 2.32. The van der Waals surface area contributed by atoms with Crippen LogP contribution in [0.2, 0.25) is 0 Å². The number of nitrogens with one attached hydrogen (secondary N) is 1. The fraction of sp³-hybridized carbons (Fsp3) is 0.455. The highest BCUT2D eigenvalue weighted by molar-refractivity contribution is 5.17. The van der Waals surface area contributed by atoms with Crippen LogP contribution in [0.1, 0.15) is 11.9 Å². The molecule has 1 N–H and O–H groups in total. The molecule has 0 spiro atoms. The molecule has 2 aliphatic heterocycles. The van der Waals surface area contributed by atoms with E-state index in [1.807, 2.05) is 30.3 Å². The maximum Gasteiger partial charge on any atom is 0.184 e. The third-order valence-corrected chi connectivity index (χ3v) is 2.77. The molecule has 0 aliphatic carbocycles. The van der Waals surface area contributed by atoms with E-state index in [1.54, 1.807) is 0 Å². The summed E-state index contributed by atoms with van der Waals surface area (Å²) in [7, 11) is 0. The summed E-state index contributed by atoms with van der Waals surface area (Å²) in [5.41, 5.74) is 1.11. The van der Waals surface area contributed by atoms with Gasteiger partial charge >= 0.3 is 0 Å². The molecule has 0 amide bonds. The van der Waals surface area contributed by atoms with Crippen LogP contribution in [0.15, 0.2) is 30.3 Å². The van der Waals surface area contributed by atoms with Crippen molar-refractivity contribution in [3.8, 4) is 0 Å². The Balaban J connectivity index is 1.77. The third kappa shape index (κ3) is 1.34. The fourth-order valence-corrected chi connectivity index (χ4v) is 2.02. The molecule has 1 aromatic carbocycles. The minimum Gasteiger partial charge on any atom is -0.341 e. The zero-order valence-corrected chi connectivity index (χ0v) is 7.85. The van der Waals surface area contributed by atoms with Gasteiger partial charge in [0.1, 0.15) is 12.2 Å². The highest BCUT2D eigenvalue weighted by Gasteiger charge is 2.39. The minimum atomic E-state index is -0.159. The first kappa shape index (κ1) is 8.41. The lowest BCUT2D eigenvalue weighted by atomic mass is 10.2. The van der Waals surface area contributed by atoms with Gasteiger partial charge in [-0.2, -0.15) is 0 Å². The standard InChI is InChI=1S/C11H13NO2/c1-2-4-8(5-3-1)11-13-9-6-12-7-10(9)14-11/h1-5,9-12H,6-7H2. The monoisotopic (exact) mass is 191 g/mol. The summed E-state index contributed by atoms with van der Waals surface area (Å²) >= 11 is 0. The van der Waals surface area contributed by atoms with Crippen molar-refractivity contribution in [3.63, 3.8) is 0 Å². The van der Waals surface area contributed by atoms with E-state index in [4.69, 9.17) is 9.47 Å². The van der Waals surface area contributed by atoms with Gasteiger partial charge in [0.15, 0.2) is 6.29 Å². The fourth-order valence-electron chi connectivity index (χ4n) is 2.02. The lowest BCUT2D eigenvalue weighted by molar-refractivity contribution is -0.0728. The predicted octanol–water partition coefficient (Wildman–Crippen LogP) is 1.07. The Labute approximate surface area is 83.0 Å². The molecule has 2 aliphatic rings. The molecule has 2 fully saturated rings. The number of fused-ring (bicyclic) bond motifs is 1. The molecular formula is C11H13NO2. The van der Waals surface area contributed by atoms with Crippen molar-refractivity contribution >= 4 is 0 Å². The molecule has 0 radical (unpaired) electrons. The van der Waals surface area contributed by atoms with Gasteiger partial charge in [0, 0.05) is 18.7 Å². The van der Waals surface area contributed by atoms with Gasteiger partial charge < -0.3 is 14.8 Å². The number of rotatable bonds is 1. The van der Waals surface area contributed by atoms with Gasteiger partial charge in [0.25, 0.3) is 0 Å². The van der Waals surface area contributed by atoms with Crippen molar-refractivity contribution in [2.24, 2.45) is 0 Å². The summed E-state index contributed by atoms with van der Waals surface area (Å²) in [5.74, 6) is 0. The molecule has 2 saturated heterocycles. The summed E-state index contributed by atoms with van der Waals surface area (Å²) in [5, 5.41) is 3.25. The average Bonchev–Trinajstić information content (AvgIpc) is 2.78. The van der Waals surface area contributed by atoms with Crippen LogP contribution >= 0.6 is 0 Å². The summed E-state index contributed by atoms with van der Waals surface area (Å²) in [6.07, 6.45) is 0.314. The van der Waals surface area contributed by atoms with E-state index in [1.165, 1.54) is 0 Å². The van der Waals surface area contributed by atoms with Crippen molar-refractivity contribution in [2.45, 2.75) is 18.5 Å². The van der Waals surface area contributed by atoms with Gasteiger partial charge in [-0.25, -0.2) is 0 Å². The Morgan fingerprint density at radius 1 is 1.00 bits per heavy atom. The predicted molar refractivity (Wildman–Crippen MR) is 51.8 cm³/mol. The highest BCUT2D eigenvalue weighted by atomic mass is 16.7. The van der Waals surface area contributed by atoms with Crippen LogP contribution < -0.4 is 5.32 Å². The second-order valence-corrected chi connectivity index (χ2v) is 3.75. The maximum atomic E-state index is 5.79. The van der Waals surface area contributed by atoms with Crippen molar-refractivity contribution in [1.82, 2.24) is 5.32 Å². The van der Waals surface area contributed by atoms with E-state index in [-0.39, 0.29) is 18.5 Å². The van der Waals surface area contributed by atoms with Gasteiger partial charge in [0.2, 0.25) is 0 Å². The van der Waals surface area contributed by atoms with Crippen LogP contribution in [-0.4, -0.2) is 25.3 Å². The van der Waals surface area contributed by atoms with E-state index >= 15 is 0 Å². The topological polar surface area (TPSA) is 30.5 Å². The Morgan fingerprint density at radius 3 is 2.29 bits per heavy atom. The molecular weight excluding hydrogens is 178 g/mol. The second-order valence-electron chi connectivity index (χ2n) is 3.75. The molecule has 2 atom stereocenters. The van der Waals surface area contributed by atoms with E-state index in [2.05, 4.69) is 5.32 Å². The Hall–Kier alpha value is -0.900. The summed E-state index contributed by atoms with van der Waals surface area (Å²) in [6.45, 7) is 1.82. The van der Waals surface area contributed by atoms with Gasteiger partial charge in [-0.1, -0.05) is 30.3 Å². The SMILES string of the molecule is c1ccc(C2OC3CNCC3O2)cc1. The minimum absolute atomic E-state index is 0.159. The molecule has 0 bridgehead atoms. The lowest BCUT2D eigenvalue weighted by Crippen LogP contribution is -2.18. The van der Waals surface area contributed by atoms with Gasteiger partial charge in [-0.15, -0.1) is 0 Å². The first-order valence-corrected chi connectivity index (χ1v) is 5.00. The molecule has 3 nitrogen and oxygen atoms in total. The van der Waals surface area contributed by atoms with Crippen LogP contribution in [0.4, 0.5) is 0 Å². The number of ether oxygens (including phenoxy) is 2. The Kier molecular flexibility index (Phi) is 2.01.